The summed E-state index contributed by atoms with van der Waals surface area (Å²) in [6.45, 7) is 3.69. The molecule has 0 spiro atoms. The number of hydrogen-bond donors (Lipinski definition) is 1. The highest BCUT2D eigenvalue weighted by Crippen LogP contribution is 2.31. The van der Waals surface area contributed by atoms with Gasteiger partial charge in [-0.05, 0) is 18.6 Å². The number of nitrogens with zero attached hydrogens (tertiary/aromatic N) is 3. The number of carbonyl (C=O) groups is 1. The molecule has 7 heteroatoms. The van der Waals surface area contributed by atoms with Gasteiger partial charge in [0, 0.05) is 6.42 Å². The van der Waals surface area contributed by atoms with E-state index < -0.39 is 5.97 Å². The van der Waals surface area contributed by atoms with E-state index >= 15 is 0 Å². The second-order valence-electron chi connectivity index (χ2n) is 3.95. The van der Waals surface area contributed by atoms with E-state index in [1.807, 2.05) is 13.8 Å². The topological polar surface area (TPSA) is 68.0 Å². The van der Waals surface area contributed by atoms with Crippen LogP contribution < -0.4 is 0 Å². The third-order valence-corrected chi connectivity index (χ3v) is 3.44. The molecule has 0 saturated heterocycles. The molecule has 1 aromatic heterocycles. The SMILES string of the molecule is CCc1nc(C(=O)O)nn1-c1c(Cl)ccc(C)c1Cl. The number of carboxylic acid groups (broad SMARTS) is 1. The van der Waals surface area contributed by atoms with Crippen molar-refractivity contribution in [1.82, 2.24) is 14.8 Å². The summed E-state index contributed by atoms with van der Waals surface area (Å²) < 4.78 is 1.39. The van der Waals surface area contributed by atoms with E-state index in [1.54, 1.807) is 12.1 Å². The highest BCUT2D eigenvalue weighted by Gasteiger charge is 2.19. The number of aromatic carboxylic acids is 1. The minimum atomic E-state index is -1.19. The number of halogens is 2. The quantitative estimate of drug-likeness (QED) is 0.945. The van der Waals surface area contributed by atoms with Crippen LogP contribution in [0.3, 0.4) is 0 Å². The number of benzene rings is 1. The largest absolute Gasteiger partial charge is 0.475 e. The Balaban J connectivity index is 2.71. The maximum absolute atomic E-state index is 10.9. The van der Waals surface area contributed by atoms with E-state index in [9.17, 15) is 4.79 Å². The van der Waals surface area contributed by atoms with Crippen LogP contribution in [0.15, 0.2) is 12.1 Å². The third-order valence-electron chi connectivity index (χ3n) is 2.65. The van der Waals surface area contributed by atoms with Gasteiger partial charge < -0.3 is 5.11 Å². The van der Waals surface area contributed by atoms with Crippen molar-refractivity contribution in [1.29, 1.82) is 0 Å². The summed E-state index contributed by atoms with van der Waals surface area (Å²) in [5.41, 5.74) is 1.29. The Labute approximate surface area is 119 Å². The fraction of sp³-hybridized carbons (Fsp3) is 0.250. The van der Waals surface area contributed by atoms with Crippen LogP contribution in [0.25, 0.3) is 5.69 Å². The van der Waals surface area contributed by atoms with Gasteiger partial charge in [0.05, 0.1) is 10.0 Å². The molecule has 1 N–H and O–H groups in total. The van der Waals surface area contributed by atoms with Crippen LogP contribution in [-0.2, 0) is 6.42 Å². The lowest BCUT2D eigenvalue weighted by Crippen LogP contribution is -2.05. The fourth-order valence-corrected chi connectivity index (χ4v) is 2.21. The maximum Gasteiger partial charge on any atom is 0.375 e. The van der Waals surface area contributed by atoms with Crippen LogP contribution >= 0.6 is 23.2 Å². The number of rotatable bonds is 3. The number of aromatic nitrogens is 3. The summed E-state index contributed by atoms with van der Waals surface area (Å²) in [6.07, 6.45) is 0.515. The molecule has 2 rings (SSSR count). The highest BCUT2D eigenvalue weighted by molar-refractivity contribution is 6.38. The molecule has 0 radical (unpaired) electrons. The first-order valence-electron chi connectivity index (χ1n) is 5.60. The van der Waals surface area contributed by atoms with Crippen molar-refractivity contribution in [3.63, 3.8) is 0 Å². The number of aryl methyl sites for hydroxylation is 2. The average Bonchev–Trinajstić information content (AvgIpc) is 2.78. The van der Waals surface area contributed by atoms with E-state index in [4.69, 9.17) is 28.3 Å². The van der Waals surface area contributed by atoms with Gasteiger partial charge in [-0.25, -0.2) is 14.5 Å². The summed E-state index contributed by atoms with van der Waals surface area (Å²) in [5, 5.41) is 13.7. The molecule has 0 aliphatic rings. The van der Waals surface area contributed by atoms with E-state index in [2.05, 4.69) is 10.1 Å². The van der Waals surface area contributed by atoms with Crippen LogP contribution in [0.5, 0.6) is 0 Å². The van der Waals surface area contributed by atoms with Crippen LogP contribution in [0.2, 0.25) is 10.0 Å². The Bertz CT molecular complexity index is 653. The molecule has 0 fully saturated rings. The molecular weight excluding hydrogens is 289 g/mol. The molecule has 0 saturated carbocycles. The lowest BCUT2D eigenvalue weighted by atomic mass is 10.2. The second kappa shape index (κ2) is 5.19. The summed E-state index contributed by atoms with van der Waals surface area (Å²) in [5.74, 6) is -0.967. The Hall–Kier alpha value is -1.59. The van der Waals surface area contributed by atoms with Crippen LogP contribution in [0.4, 0.5) is 0 Å². The molecule has 5 nitrogen and oxygen atoms in total. The molecule has 0 bridgehead atoms. The lowest BCUT2D eigenvalue weighted by molar-refractivity contribution is 0.0683. The van der Waals surface area contributed by atoms with Crippen molar-refractivity contribution in [2.24, 2.45) is 0 Å². The van der Waals surface area contributed by atoms with Gasteiger partial charge in [0.1, 0.15) is 11.5 Å². The lowest BCUT2D eigenvalue weighted by Gasteiger charge is -2.10. The molecule has 0 aliphatic heterocycles. The van der Waals surface area contributed by atoms with E-state index in [0.717, 1.165) is 5.56 Å². The smallest absolute Gasteiger partial charge is 0.375 e. The average molecular weight is 300 g/mol. The van der Waals surface area contributed by atoms with Gasteiger partial charge in [-0.1, -0.05) is 36.2 Å². The minimum absolute atomic E-state index is 0.273. The molecule has 0 atom stereocenters. The zero-order chi connectivity index (χ0) is 14.2. The molecule has 100 valence electrons. The normalized spacial score (nSPS) is 10.7. The number of hydrogen-bond acceptors (Lipinski definition) is 3. The predicted molar refractivity (Wildman–Crippen MR) is 72.5 cm³/mol. The summed E-state index contributed by atoms with van der Waals surface area (Å²) >= 11 is 12.4. The van der Waals surface area contributed by atoms with E-state index in [-0.39, 0.29) is 5.82 Å². The van der Waals surface area contributed by atoms with E-state index in [1.165, 1.54) is 4.68 Å². The van der Waals surface area contributed by atoms with Crippen molar-refractivity contribution in [2.45, 2.75) is 20.3 Å². The molecule has 0 unspecified atom stereocenters. The van der Waals surface area contributed by atoms with Crippen molar-refractivity contribution < 1.29 is 9.90 Å². The Morgan fingerprint density at radius 2 is 2.11 bits per heavy atom. The zero-order valence-electron chi connectivity index (χ0n) is 10.3. The van der Waals surface area contributed by atoms with Crippen LogP contribution in [0.1, 0.15) is 28.9 Å². The summed E-state index contributed by atoms with van der Waals surface area (Å²) in [4.78, 5) is 14.9. The summed E-state index contributed by atoms with van der Waals surface area (Å²) in [7, 11) is 0. The summed E-state index contributed by atoms with van der Waals surface area (Å²) in [6, 6.07) is 3.48. The Morgan fingerprint density at radius 1 is 1.42 bits per heavy atom. The maximum atomic E-state index is 10.9. The van der Waals surface area contributed by atoms with Gasteiger partial charge in [-0.15, -0.1) is 5.10 Å². The standard InChI is InChI=1S/C12H11Cl2N3O2/c1-3-8-15-11(12(18)19)16-17(8)10-7(13)5-4-6(2)9(10)14/h4-5H,3H2,1-2H3,(H,18,19). The van der Waals surface area contributed by atoms with Crippen molar-refractivity contribution in [2.75, 3.05) is 0 Å². The Kier molecular flexibility index (Phi) is 3.78. The molecule has 0 aliphatic carbocycles. The van der Waals surface area contributed by atoms with Gasteiger partial charge in [0.15, 0.2) is 0 Å². The van der Waals surface area contributed by atoms with Crippen LogP contribution in [0, 0.1) is 6.92 Å². The first kappa shape index (κ1) is 13.8. The molecular formula is C12H11Cl2N3O2. The zero-order valence-corrected chi connectivity index (χ0v) is 11.8. The van der Waals surface area contributed by atoms with E-state index in [0.29, 0.717) is 28.0 Å². The monoisotopic (exact) mass is 299 g/mol. The third kappa shape index (κ3) is 2.43. The molecule has 2 aromatic rings. The fourth-order valence-electron chi connectivity index (χ4n) is 1.68. The molecule has 19 heavy (non-hydrogen) atoms. The number of carboxylic acids is 1. The molecule has 1 aromatic carbocycles. The van der Waals surface area contributed by atoms with Gasteiger partial charge in [0.25, 0.3) is 5.82 Å². The first-order valence-corrected chi connectivity index (χ1v) is 6.35. The predicted octanol–water partition coefficient (Wildman–Crippen LogP) is 3.14. The first-order chi connectivity index (χ1) is 8.95. The van der Waals surface area contributed by atoms with Gasteiger partial charge in [-0.2, -0.15) is 0 Å². The minimum Gasteiger partial charge on any atom is -0.475 e. The second-order valence-corrected chi connectivity index (χ2v) is 4.73. The highest BCUT2D eigenvalue weighted by atomic mass is 35.5. The van der Waals surface area contributed by atoms with Crippen molar-refractivity contribution in [3.8, 4) is 5.69 Å². The molecule has 0 amide bonds. The Morgan fingerprint density at radius 3 is 2.68 bits per heavy atom. The van der Waals surface area contributed by atoms with Gasteiger partial charge in [-0.3, -0.25) is 0 Å². The molecule has 1 heterocycles. The van der Waals surface area contributed by atoms with Crippen molar-refractivity contribution in [3.05, 3.63) is 39.4 Å². The van der Waals surface area contributed by atoms with Crippen molar-refractivity contribution >= 4 is 29.2 Å². The van der Waals surface area contributed by atoms with Gasteiger partial charge >= 0.3 is 5.97 Å². The van der Waals surface area contributed by atoms with Gasteiger partial charge in [0.2, 0.25) is 0 Å². The van der Waals surface area contributed by atoms with Crippen LogP contribution in [-0.4, -0.2) is 25.8 Å².